The highest BCUT2D eigenvalue weighted by molar-refractivity contribution is 7.80. The van der Waals surface area contributed by atoms with Gasteiger partial charge in [-0.15, -0.1) is 0 Å². The van der Waals surface area contributed by atoms with Crippen LogP contribution in [0, 0.1) is 0 Å². The molecule has 1 saturated heterocycles. The van der Waals surface area contributed by atoms with Crippen molar-refractivity contribution in [3.05, 3.63) is 0 Å². The molecule has 0 spiro atoms. The summed E-state index contributed by atoms with van der Waals surface area (Å²) >= 11 is 4.35. The van der Waals surface area contributed by atoms with E-state index >= 15 is 0 Å². The molecule has 0 radical (unpaired) electrons. The second kappa shape index (κ2) is 9.16. The molecule has 1 aliphatic rings. The Morgan fingerprint density at radius 2 is 2.29 bits per heavy atom. The minimum absolute atomic E-state index is 0.354. The molecule has 0 saturated carbocycles. The van der Waals surface area contributed by atoms with E-state index in [1.165, 1.54) is 0 Å². The second-order valence-electron chi connectivity index (χ2n) is 4.65. The lowest BCUT2D eigenvalue weighted by Crippen LogP contribution is -2.48. The zero-order chi connectivity index (χ0) is 12.5. The first-order valence-electron chi connectivity index (χ1n) is 6.65. The third kappa shape index (κ3) is 7.26. The molecule has 102 valence electrons. The van der Waals surface area contributed by atoms with E-state index in [0.29, 0.717) is 11.4 Å². The van der Waals surface area contributed by atoms with Crippen LogP contribution < -0.4 is 10.6 Å². The van der Waals surface area contributed by atoms with Gasteiger partial charge in [-0.25, -0.2) is 0 Å². The smallest absolute Gasteiger partial charge is 0.0826 e. The van der Waals surface area contributed by atoms with Gasteiger partial charge in [0.15, 0.2) is 0 Å². The summed E-state index contributed by atoms with van der Waals surface area (Å²) in [4.78, 5) is 2.47. The lowest BCUT2D eigenvalue weighted by molar-refractivity contribution is -0.0262. The topological polar surface area (TPSA) is 36.5 Å². The van der Waals surface area contributed by atoms with Gasteiger partial charge in [0.05, 0.1) is 12.7 Å². The van der Waals surface area contributed by atoms with Crippen molar-refractivity contribution in [3.63, 3.8) is 0 Å². The van der Waals surface area contributed by atoms with Crippen LogP contribution in [0.5, 0.6) is 0 Å². The van der Waals surface area contributed by atoms with Gasteiger partial charge in [-0.05, 0) is 6.54 Å². The van der Waals surface area contributed by atoms with Crippen molar-refractivity contribution < 1.29 is 4.74 Å². The molecule has 5 heteroatoms. The lowest BCUT2D eigenvalue weighted by Gasteiger charge is -2.33. The van der Waals surface area contributed by atoms with Gasteiger partial charge in [0.2, 0.25) is 0 Å². The molecule has 1 unspecified atom stereocenters. The number of hydrogen-bond acceptors (Lipinski definition) is 5. The number of likely N-dealkylation sites (N-methyl/N-ethyl adjacent to an activating group) is 1. The van der Waals surface area contributed by atoms with Crippen LogP contribution in [0.15, 0.2) is 0 Å². The van der Waals surface area contributed by atoms with Crippen molar-refractivity contribution in [3.8, 4) is 0 Å². The van der Waals surface area contributed by atoms with E-state index in [-0.39, 0.29) is 0 Å². The Morgan fingerprint density at radius 1 is 1.47 bits per heavy atom. The van der Waals surface area contributed by atoms with Gasteiger partial charge in [0.1, 0.15) is 0 Å². The molecule has 1 fully saturated rings. The quantitative estimate of drug-likeness (QED) is 0.431. The molecule has 0 aromatic rings. The normalized spacial score (nSPS) is 23.8. The Bertz CT molecular complexity index is 193. The fourth-order valence-electron chi connectivity index (χ4n) is 1.96. The Morgan fingerprint density at radius 3 is 3.00 bits per heavy atom. The largest absolute Gasteiger partial charge is 0.374 e. The Labute approximate surface area is 111 Å². The summed E-state index contributed by atoms with van der Waals surface area (Å²) in [5.74, 6) is 0. The molecule has 1 heterocycles. The molecule has 0 aliphatic carbocycles. The monoisotopic (exact) mass is 261 g/mol. The minimum atomic E-state index is 0.354. The zero-order valence-electron chi connectivity index (χ0n) is 11.1. The summed E-state index contributed by atoms with van der Waals surface area (Å²) in [7, 11) is 0. The summed E-state index contributed by atoms with van der Waals surface area (Å²) in [6, 6.07) is 0. The summed E-state index contributed by atoms with van der Waals surface area (Å²) in [6.07, 6.45) is 0.354. The fourth-order valence-corrected chi connectivity index (χ4v) is 2.09. The molecule has 0 amide bonds. The maximum atomic E-state index is 5.72. The molecular weight excluding hydrogens is 234 g/mol. The number of morpholine rings is 1. The van der Waals surface area contributed by atoms with Crippen molar-refractivity contribution >= 4 is 12.6 Å². The number of hydrogen-bond donors (Lipinski definition) is 3. The predicted molar refractivity (Wildman–Crippen MR) is 76.0 cm³/mol. The van der Waals surface area contributed by atoms with Gasteiger partial charge in [-0.1, -0.05) is 13.8 Å². The molecule has 0 bridgehead atoms. The average Bonchev–Trinajstić information content (AvgIpc) is 2.32. The van der Waals surface area contributed by atoms with E-state index in [9.17, 15) is 0 Å². The van der Waals surface area contributed by atoms with Crippen LogP contribution >= 0.6 is 12.6 Å². The van der Waals surface area contributed by atoms with Crippen molar-refractivity contribution in [1.82, 2.24) is 15.5 Å². The third-order valence-corrected chi connectivity index (χ3v) is 3.07. The molecule has 0 aromatic heterocycles. The Kier molecular flexibility index (Phi) is 8.22. The average molecular weight is 261 g/mol. The van der Waals surface area contributed by atoms with Gasteiger partial charge in [-0.2, -0.15) is 12.6 Å². The van der Waals surface area contributed by atoms with Crippen molar-refractivity contribution in [1.29, 1.82) is 0 Å². The maximum Gasteiger partial charge on any atom is 0.0826 e. The number of rotatable bonds is 8. The van der Waals surface area contributed by atoms with Gasteiger partial charge in [0.25, 0.3) is 0 Å². The van der Waals surface area contributed by atoms with Crippen LogP contribution in [0.25, 0.3) is 0 Å². The first kappa shape index (κ1) is 15.2. The molecule has 2 N–H and O–H groups in total. The van der Waals surface area contributed by atoms with Gasteiger partial charge in [-0.3, -0.25) is 4.90 Å². The first-order valence-corrected chi connectivity index (χ1v) is 7.17. The van der Waals surface area contributed by atoms with E-state index in [1.807, 2.05) is 0 Å². The van der Waals surface area contributed by atoms with E-state index in [1.54, 1.807) is 0 Å². The van der Waals surface area contributed by atoms with E-state index in [2.05, 4.69) is 42.0 Å². The van der Waals surface area contributed by atoms with Gasteiger partial charge < -0.3 is 15.4 Å². The molecule has 4 nitrogen and oxygen atoms in total. The predicted octanol–water partition coefficient (Wildman–Crippen LogP) is 0.205. The summed E-state index contributed by atoms with van der Waals surface area (Å²) in [5, 5.41) is 7.19. The van der Waals surface area contributed by atoms with Crippen LogP contribution in [0.1, 0.15) is 13.8 Å². The van der Waals surface area contributed by atoms with Crippen LogP contribution in [0.2, 0.25) is 0 Å². The SMILES string of the molecule is CCNC[C@H]1CN(CCNCC(C)S)CCO1. The zero-order valence-corrected chi connectivity index (χ0v) is 12.0. The van der Waals surface area contributed by atoms with Crippen LogP contribution in [0.4, 0.5) is 0 Å². The summed E-state index contributed by atoms with van der Waals surface area (Å²) < 4.78 is 5.72. The van der Waals surface area contributed by atoms with Crippen molar-refractivity contribution in [2.45, 2.75) is 25.2 Å². The molecular formula is C12H27N3OS. The molecule has 2 atom stereocenters. The third-order valence-electron chi connectivity index (χ3n) is 2.89. The van der Waals surface area contributed by atoms with E-state index in [4.69, 9.17) is 4.74 Å². The first-order chi connectivity index (χ1) is 8.22. The highest BCUT2D eigenvalue weighted by atomic mass is 32.1. The number of nitrogens with one attached hydrogen (secondary N) is 2. The van der Waals surface area contributed by atoms with Gasteiger partial charge >= 0.3 is 0 Å². The number of ether oxygens (including phenoxy) is 1. The van der Waals surface area contributed by atoms with Crippen molar-refractivity contribution in [2.24, 2.45) is 0 Å². The number of thiol groups is 1. The van der Waals surface area contributed by atoms with Crippen LogP contribution in [-0.2, 0) is 4.74 Å². The standard InChI is InChI=1S/C12H27N3OS/c1-3-13-9-12-10-15(6-7-16-12)5-4-14-8-11(2)17/h11-14,17H,3-10H2,1-2H3/t11?,12-/m0/s1. The van der Waals surface area contributed by atoms with Crippen molar-refractivity contribution in [2.75, 3.05) is 52.4 Å². The second-order valence-corrected chi connectivity index (χ2v) is 5.54. The lowest BCUT2D eigenvalue weighted by atomic mass is 10.2. The minimum Gasteiger partial charge on any atom is -0.374 e. The molecule has 0 aromatic carbocycles. The maximum absolute atomic E-state index is 5.72. The summed E-state index contributed by atoms with van der Waals surface area (Å²) in [5.41, 5.74) is 0. The summed E-state index contributed by atoms with van der Waals surface area (Å²) in [6.45, 7) is 12.3. The highest BCUT2D eigenvalue weighted by Crippen LogP contribution is 2.03. The Balaban J connectivity index is 2.07. The number of nitrogens with zero attached hydrogens (tertiary/aromatic N) is 1. The fraction of sp³-hybridized carbons (Fsp3) is 1.00. The molecule has 1 rings (SSSR count). The van der Waals surface area contributed by atoms with Gasteiger partial charge in [0, 0.05) is 44.5 Å². The highest BCUT2D eigenvalue weighted by Gasteiger charge is 2.19. The van der Waals surface area contributed by atoms with E-state index < -0.39 is 0 Å². The van der Waals surface area contributed by atoms with E-state index in [0.717, 1.165) is 52.4 Å². The van der Waals surface area contributed by atoms with Crippen LogP contribution in [0.3, 0.4) is 0 Å². The Hall–Kier alpha value is 0.190. The molecule has 1 aliphatic heterocycles. The van der Waals surface area contributed by atoms with Crippen LogP contribution in [-0.4, -0.2) is 68.7 Å². The molecule has 17 heavy (non-hydrogen) atoms.